The second-order valence-corrected chi connectivity index (χ2v) is 4.62. The molecule has 2 rings (SSSR count). The molecule has 15 heavy (non-hydrogen) atoms. The van der Waals surface area contributed by atoms with Gasteiger partial charge in [0.05, 0.1) is 0 Å². The molecule has 0 aromatic heterocycles. The molecule has 0 unspecified atom stereocenters. The summed E-state index contributed by atoms with van der Waals surface area (Å²) in [6.45, 7) is 6.57. The highest BCUT2D eigenvalue weighted by Crippen LogP contribution is 2.27. The van der Waals surface area contributed by atoms with Crippen molar-refractivity contribution in [3.8, 4) is 0 Å². The Morgan fingerprint density at radius 3 is 2.20 bits per heavy atom. The van der Waals surface area contributed by atoms with Gasteiger partial charge in [0.1, 0.15) is 0 Å². The van der Waals surface area contributed by atoms with Crippen LogP contribution >= 0.6 is 0 Å². The quantitative estimate of drug-likeness (QED) is 0.569. The normalized spacial score (nSPS) is 16.5. The standard InChI is InChI=1S/C14H16.CH4/c1-11-4-5-12-6-8-14(2,3)9-7-13(12)10-11;/h4-10H,1-3H3;1H4. The molecule has 1 aromatic rings. The van der Waals surface area contributed by atoms with E-state index in [0.717, 1.165) is 0 Å². The molecule has 0 heterocycles. The predicted molar refractivity (Wildman–Crippen MR) is 69.8 cm³/mol. The van der Waals surface area contributed by atoms with E-state index in [2.05, 4.69) is 63.3 Å². The number of rotatable bonds is 0. The van der Waals surface area contributed by atoms with E-state index in [1.807, 2.05) is 0 Å². The summed E-state index contributed by atoms with van der Waals surface area (Å²) in [5, 5.41) is 0. The lowest BCUT2D eigenvalue weighted by molar-refractivity contribution is 0.633. The minimum atomic E-state index is 0. The molecule has 0 aliphatic heterocycles. The Morgan fingerprint density at radius 2 is 1.53 bits per heavy atom. The summed E-state index contributed by atoms with van der Waals surface area (Å²) in [6.07, 6.45) is 8.95. The van der Waals surface area contributed by atoms with Gasteiger partial charge in [0.2, 0.25) is 0 Å². The first kappa shape index (κ1) is 11.8. The Kier molecular flexibility index (Phi) is 3.18. The van der Waals surface area contributed by atoms with Crippen LogP contribution in [0.1, 0.15) is 38.0 Å². The van der Waals surface area contributed by atoms with Crippen LogP contribution in [0.15, 0.2) is 30.4 Å². The minimum absolute atomic E-state index is 0. The highest BCUT2D eigenvalue weighted by Gasteiger charge is 2.11. The first-order chi connectivity index (χ1) is 6.57. The Bertz CT molecular complexity index is 406. The molecule has 0 saturated heterocycles. The van der Waals surface area contributed by atoms with Gasteiger partial charge in [-0.3, -0.25) is 0 Å². The third-order valence-corrected chi connectivity index (χ3v) is 2.63. The zero-order chi connectivity index (χ0) is 10.2. The van der Waals surface area contributed by atoms with Gasteiger partial charge < -0.3 is 0 Å². The average molecular weight is 200 g/mol. The van der Waals surface area contributed by atoms with Crippen molar-refractivity contribution in [3.05, 3.63) is 47.0 Å². The molecule has 1 aliphatic rings. The summed E-state index contributed by atoms with van der Waals surface area (Å²) >= 11 is 0. The number of benzene rings is 1. The lowest BCUT2D eigenvalue weighted by Gasteiger charge is -2.11. The van der Waals surface area contributed by atoms with Crippen molar-refractivity contribution < 1.29 is 0 Å². The zero-order valence-corrected chi connectivity index (χ0v) is 9.04. The maximum atomic E-state index is 2.26. The number of allylic oxidation sites excluding steroid dienone is 2. The van der Waals surface area contributed by atoms with Gasteiger partial charge in [-0.05, 0) is 18.1 Å². The molecular weight excluding hydrogens is 180 g/mol. The molecule has 0 spiro atoms. The molecule has 0 saturated carbocycles. The second-order valence-electron chi connectivity index (χ2n) is 4.62. The summed E-state index contributed by atoms with van der Waals surface area (Å²) in [6, 6.07) is 6.58. The fourth-order valence-electron chi connectivity index (χ4n) is 1.65. The van der Waals surface area contributed by atoms with Crippen LogP contribution in [0.3, 0.4) is 0 Å². The molecular formula is C15H20. The van der Waals surface area contributed by atoms with E-state index in [-0.39, 0.29) is 12.8 Å². The van der Waals surface area contributed by atoms with Crippen LogP contribution in [0.5, 0.6) is 0 Å². The molecule has 80 valence electrons. The van der Waals surface area contributed by atoms with E-state index < -0.39 is 0 Å². The van der Waals surface area contributed by atoms with E-state index in [9.17, 15) is 0 Å². The summed E-state index contributed by atoms with van der Waals surface area (Å²) in [5.41, 5.74) is 4.14. The van der Waals surface area contributed by atoms with Crippen LogP contribution in [0.4, 0.5) is 0 Å². The molecule has 0 atom stereocenters. The van der Waals surface area contributed by atoms with E-state index in [0.29, 0.717) is 0 Å². The summed E-state index contributed by atoms with van der Waals surface area (Å²) in [4.78, 5) is 0. The van der Waals surface area contributed by atoms with Gasteiger partial charge in [-0.2, -0.15) is 0 Å². The van der Waals surface area contributed by atoms with Crippen LogP contribution in [-0.2, 0) is 0 Å². The topological polar surface area (TPSA) is 0 Å². The zero-order valence-electron chi connectivity index (χ0n) is 9.04. The molecule has 1 aliphatic carbocycles. The lowest BCUT2D eigenvalue weighted by atomic mass is 9.93. The molecule has 1 aromatic carbocycles. The van der Waals surface area contributed by atoms with Crippen molar-refractivity contribution in [2.24, 2.45) is 5.41 Å². The van der Waals surface area contributed by atoms with E-state index in [1.54, 1.807) is 0 Å². The van der Waals surface area contributed by atoms with Gasteiger partial charge in [-0.1, -0.05) is 69.3 Å². The maximum Gasteiger partial charge on any atom is 0.00111 e. The van der Waals surface area contributed by atoms with Crippen LogP contribution in [-0.4, -0.2) is 0 Å². The predicted octanol–water partition coefficient (Wildman–Crippen LogP) is 4.70. The molecule has 0 fully saturated rings. The van der Waals surface area contributed by atoms with Crippen molar-refractivity contribution in [1.29, 1.82) is 0 Å². The number of hydrogen-bond donors (Lipinski definition) is 0. The van der Waals surface area contributed by atoms with Crippen molar-refractivity contribution in [2.45, 2.75) is 28.2 Å². The Morgan fingerprint density at radius 1 is 0.933 bits per heavy atom. The Hall–Kier alpha value is -1.30. The third-order valence-electron chi connectivity index (χ3n) is 2.63. The van der Waals surface area contributed by atoms with Crippen molar-refractivity contribution >= 4 is 12.2 Å². The van der Waals surface area contributed by atoms with Crippen LogP contribution < -0.4 is 0 Å². The van der Waals surface area contributed by atoms with Crippen molar-refractivity contribution in [2.75, 3.05) is 0 Å². The van der Waals surface area contributed by atoms with Gasteiger partial charge in [-0.15, -0.1) is 0 Å². The second kappa shape index (κ2) is 4.06. The minimum Gasteiger partial charge on any atom is -0.0776 e. The third kappa shape index (κ3) is 2.59. The molecule has 0 amide bonds. The smallest absolute Gasteiger partial charge is 0.00111 e. The highest BCUT2D eigenvalue weighted by molar-refractivity contribution is 5.69. The monoisotopic (exact) mass is 200 g/mol. The summed E-state index contributed by atoms with van der Waals surface area (Å²) < 4.78 is 0. The van der Waals surface area contributed by atoms with Crippen LogP contribution in [0, 0.1) is 12.3 Å². The van der Waals surface area contributed by atoms with E-state index >= 15 is 0 Å². The molecule has 0 N–H and O–H groups in total. The van der Waals surface area contributed by atoms with Crippen molar-refractivity contribution in [1.82, 2.24) is 0 Å². The van der Waals surface area contributed by atoms with Gasteiger partial charge in [0.15, 0.2) is 0 Å². The number of fused-ring (bicyclic) bond motifs is 1. The molecule has 0 nitrogen and oxygen atoms in total. The first-order valence-corrected chi connectivity index (χ1v) is 5.06. The van der Waals surface area contributed by atoms with Crippen LogP contribution in [0.2, 0.25) is 0 Å². The molecule has 0 radical (unpaired) electrons. The first-order valence-electron chi connectivity index (χ1n) is 5.06. The van der Waals surface area contributed by atoms with Gasteiger partial charge >= 0.3 is 0 Å². The largest absolute Gasteiger partial charge is 0.0776 e. The maximum absolute atomic E-state index is 2.26. The van der Waals surface area contributed by atoms with Crippen molar-refractivity contribution in [3.63, 3.8) is 0 Å². The summed E-state index contributed by atoms with van der Waals surface area (Å²) in [5.74, 6) is 0. The van der Waals surface area contributed by atoms with E-state index in [1.165, 1.54) is 16.7 Å². The lowest BCUT2D eigenvalue weighted by Crippen LogP contribution is -1.99. The van der Waals surface area contributed by atoms with Gasteiger partial charge in [0.25, 0.3) is 0 Å². The fraction of sp³-hybridized carbons (Fsp3) is 0.333. The molecule has 0 heteroatoms. The SMILES string of the molecule is C.Cc1ccc2c(c1)C=CC(C)(C)C=C2. The van der Waals surface area contributed by atoms with Crippen LogP contribution in [0.25, 0.3) is 12.2 Å². The van der Waals surface area contributed by atoms with Gasteiger partial charge in [-0.25, -0.2) is 0 Å². The van der Waals surface area contributed by atoms with E-state index in [4.69, 9.17) is 0 Å². The number of hydrogen-bond acceptors (Lipinski definition) is 0. The highest BCUT2D eigenvalue weighted by atomic mass is 14.2. The average Bonchev–Trinajstić information content (AvgIpc) is 2.26. The molecule has 0 bridgehead atoms. The fourth-order valence-corrected chi connectivity index (χ4v) is 1.65. The van der Waals surface area contributed by atoms with Gasteiger partial charge in [0, 0.05) is 5.41 Å². The Labute approximate surface area is 93.3 Å². The number of aryl methyl sites for hydroxylation is 1. The Balaban J connectivity index is 0.00000112. The summed E-state index contributed by atoms with van der Waals surface area (Å²) in [7, 11) is 0.